The molecule has 19 heavy (non-hydrogen) atoms. The summed E-state index contributed by atoms with van der Waals surface area (Å²) >= 11 is 0. The Bertz CT molecular complexity index is 651. The van der Waals surface area contributed by atoms with Crippen LogP contribution in [-0.2, 0) is 12.0 Å². The summed E-state index contributed by atoms with van der Waals surface area (Å²) in [6.45, 7) is 0.552. The van der Waals surface area contributed by atoms with Crippen molar-refractivity contribution in [2.75, 3.05) is 0 Å². The first-order chi connectivity index (χ1) is 9.25. The summed E-state index contributed by atoms with van der Waals surface area (Å²) in [4.78, 5) is 14.9. The fourth-order valence-corrected chi connectivity index (χ4v) is 2.25. The van der Waals surface area contributed by atoms with E-state index in [1.165, 1.54) is 6.33 Å². The number of nitriles is 1. The molecule has 0 spiro atoms. The van der Waals surface area contributed by atoms with Gasteiger partial charge in [0.25, 0.3) is 0 Å². The standard InChI is InChI=1S/C14H12N4O/c15-8-14(1-2-14)13-4-11(3-12(5-13)7-19)6-18-10-16-9-17-18/h3-5,7,9-10H,1-2,6H2. The molecule has 1 heterocycles. The van der Waals surface area contributed by atoms with E-state index in [4.69, 9.17) is 0 Å². The molecule has 0 N–H and O–H groups in total. The average Bonchev–Trinajstić information content (AvgIpc) is 3.09. The van der Waals surface area contributed by atoms with Crippen molar-refractivity contribution in [3.05, 3.63) is 47.5 Å². The first-order valence-corrected chi connectivity index (χ1v) is 6.09. The van der Waals surface area contributed by atoms with Crippen LogP contribution in [0.2, 0.25) is 0 Å². The molecule has 1 fully saturated rings. The summed E-state index contributed by atoms with van der Waals surface area (Å²) in [6, 6.07) is 7.98. The number of nitrogens with zero attached hydrogens (tertiary/aromatic N) is 4. The number of carbonyl (C=O) groups is 1. The fourth-order valence-electron chi connectivity index (χ4n) is 2.25. The second-order valence-corrected chi connectivity index (χ2v) is 4.87. The summed E-state index contributed by atoms with van der Waals surface area (Å²) in [7, 11) is 0. The largest absolute Gasteiger partial charge is 0.298 e. The smallest absolute Gasteiger partial charge is 0.150 e. The van der Waals surface area contributed by atoms with E-state index < -0.39 is 0 Å². The number of hydrogen-bond acceptors (Lipinski definition) is 4. The first kappa shape index (κ1) is 11.6. The maximum atomic E-state index is 11.0. The van der Waals surface area contributed by atoms with E-state index in [0.29, 0.717) is 12.1 Å². The minimum Gasteiger partial charge on any atom is -0.298 e. The molecule has 5 nitrogen and oxygen atoms in total. The molecule has 0 radical (unpaired) electrons. The van der Waals surface area contributed by atoms with Gasteiger partial charge in [0.15, 0.2) is 0 Å². The normalized spacial score (nSPS) is 15.7. The van der Waals surface area contributed by atoms with Gasteiger partial charge >= 0.3 is 0 Å². The van der Waals surface area contributed by atoms with Crippen LogP contribution in [0.15, 0.2) is 30.9 Å². The highest BCUT2D eigenvalue weighted by atomic mass is 16.1. The molecule has 1 aromatic carbocycles. The van der Waals surface area contributed by atoms with Gasteiger partial charge in [-0.05, 0) is 36.1 Å². The third-order valence-electron chi connectivity index (χ3n) is 3.48. The predicted molar refractivity (Wildman–Crippen MR) is 67.5 cm³/mol. The third kappa shape index (κ3) is 2.13. The van der Waals surface area contributed by atoms with Gasteiger partial charge in [-0.25, -0.2) is 9.67 Å². The molecule has 0 atom stereocenters. The second-order valence-electron chi connectivity index (χ2n) is 4.87. The van der Waals surface area contributed by atoms with Gasteiger partial charge in [-0.3, -0.25) is 4.79 Å². The Morgan fingerprint density at radius 1 is 1.42 bits per heavy atom. The zero-order chi connectivity index (χ0) is 13.3. The topological polar surface area (TPSA) is 71.6 Å². The number of aromatic nitrogens is 3. The fraction of sp³-hybridized carbons (Fsp3) is 0.286. The van der Waals surface area contributed by atoms with Gasteiger partial charge in [0.1, 0.15) is 18.9 Å². The lowest BCUT2D eigenvalue weighted by atomic mass is 9.94. The minimum absolute atomic E-state index is 0.379. The molecule has 1 saturated carbocycles. The van der Waals surface area contributed by atoms with Crippen molar-refractivity contribution < 1.29 is 4.79 Å². The van der Waals surface area contributed by atoms with Crippen LogP contribution in [-0.4, -0.2) is 21.1 Å². The van der Waals surface area contributed by atoms with Crippen LogP contribution in [0.3, 0.4) is 0 Å². The molecule has 2 aromatic rings. The molecule has 0 amide bonds. The van der Waals surface area contributed by atoms with Gasteiger partial charge in [0.05, 0.1) is 18.0 Å². The number of rotatable bonds is 4. The zero-order valence-electron chi connectivity index (χ0n) is 10.3. The van der Waals surface area contributed by atoms with E-state index in [-0.39, 0.29) is 5.41 Å². The number of hydrogen-bond donors (Lipinski definition) is 0. The number of carbonyl (C=O) groups excluding carboxylic acids is 1. The van der Waals surface area contributed by atoms with Crippen molar-refractivity contribution in [1.82, 2.24) is 14.8 Å². The summed E-state index contributed by atoms with van der Waals surface area (Å²) in [5, 5.41) is 13.3. The predicted octanol–water partition coefficient (Wildman–Crippen LogP) is 1.69. The van der Waals surface area contributed by atoms with Crippen LogP contribution in [0, 0.1) is 11.3 Å². The van der Waals surface area contributed by atoms with E-state index in [0.717, 1.165) is 30.3 Å². The van der Waals surface area contributed by atoms with Gasteiger partial charge in [0, 0.05) is 5.56 Å². The molecule has 1 aliphatic rings. The van der Waals surface area contributed by atoms with E-state index >= 15 is 0 Å². The van der Waals surface area contributed by atoms with Crippen molar-refractivity contribution in [3.8, 4) is 6.07 Å². The maximum absolute atomic E-state index is 11.0. The monoisotopic (exact) mass is 252 g/mol. The molecule has 0 aliphatic heterocycles. The molecule has 3 rings (SSSR count). The van der Waals surface area contributed by atoms with Crippen LogP contribution in [0.25, 0.3) is 0 Å². The van der Waals surface area contributed by atoms with Gasteiger partial charge in [0.2, 0.25) is 0 Å². The Labute approximate surface area is 110 Å². The molecule has 1 aliphatic carbocycles. The summed E-state index contributed by atoms with van der Waals surface area (Å²) in [5.74, 6) is 0. The van der Waals surface area contributed by atoms with Gasteiger partial charge in [-0.2, -0.15) is 10.4 Å². The Balaban J connectivity index is 1.98. The van der Waals surface area contributed by atoms with Crippen LogP contribution in [0.4, 0.5) is 0 Å². The van der Waals surface area contributed by atoms with Crippen LogP contribution in [0.5, 0.6) is 0 Å². The molecular formula is C14H12N4O. The molecule has 1 aromatic heterocycles. The van der Waals surface area contributed by atoms with Gasteiger partial charge in [-0.15, -0.1) is 0 Å². The Morgan fingerprint density at radius 3 is 2.84 bits per heavy atom. The quantitative estimate of drug-likeness (QED) is 0.776. The van der Waals surface area contributed by atoms with Crippen LogP contribution < -0.4 is 0 Å². The van der Waals surface area contributed by atoms with E-state index in [1.54, 1.807) is 11.0 Å². The highest BCUT2D eigenvalue weighted by molar-refractivity contribution is 5.76. The van der Waals surface area contributed by atoms with E-state index in [1.807, 2.05) is 18.2 Å². The molecular weight excluding hydrogens is 240 g/mol. The number of aldehydes is 1. The van der Waals surface area contributed by atoms with Crippen molar-refractivity contribution in [2.45, 2.75) is 24.8 Å². The molecule has 94 valence electrons. The lowest BCUT2D eigenvalue weighted by Crippen LogP contribution is -2.07. The van der Waals surface area contributed by atoms with Crippen molar-refractivity contribution in [2.24, 2.45) is 0 Å². The van der Waals surface area contributed by atoms with Crippen LogP contribution >= 0.6 is 0 Å². The highest BCUT2D eigenvalue weighted by Crippen LogP contribution is 2.47. The molecule has 0 saturated heterocycles. The highest BCUT2D eigenvalue weighted by Gasteiger charge is 2.45. The lowest BCUT2D eigenvalue weighted by Gasteiger charge is -2.10. The van der Waals surface area contributed by atoms with Crippen molar-refractivity contribution in [3.63, 3.8) is 0 Å². The molecule has 0 unspecified atom stereocenters. The van der Waals surface area contributed by atoms with Crippen molar-refractivity contribution >= 4 is 6.29 Å². The second kappa shape index (κ2) is 4.32. The minimum atomic E-state index is -0.379. The summed E-state index contributed by atoms with van der Waals surface area (Å²) in [6.07, 6.45) is 5.66. The number of benzene rings is 1. The molecule has 5 heteroatoms. The summed E-state index contributed by atoms with van der Waals surface area (Å²) < 4.78 is 1.69. The first-order valence-electron chi connectivity index (χ1n) is 6.09. The zero-order valence-corrected chi connectivity index (χ0v) is 10.3. The van der Waals surface area contributed by atoms with E-state index in [2.05, 4.69) is 16.2 Å². The van der Waals surface area contributed by atoms with E-state index in [9.17, 15) is 10.1 Å². The average molecular weight is 252 g/mol. The summed E-state index contributed by atoms with van der Waals surface area (Å²) in [5.41, 5.74) is 2.13. The van der Waals surface area contributed by atoms with Gasteiger partial charge in [-0.1, -0.05) is 6.07 Å². The maximum Gasteiger partial charge on any atom is 0.150 e. The van der Waals surface area contributed by atoms with Crippen molar-refractivity contribution in [1.29, 1.82) is 5.26 Å². The Morgan fingerprint density at radius 2 is 2.26 bits per heavy atom. The molecule has 0 bridgehead atoms. The lowest BCUT2D eigenvalue weighted by molar-refractivity contribution is 0.112. The SMILES string of the molecule is N#CC1(c2cc(C=O)cc(Cn3cncn3)c2)CC1. The van der Waals surface area contributed by atoms with Gasteiger partial charge < -0.3 is 0 Å². The Kier molecular flexibility index (Phi) is 2.64. The van der Waals surface area contributed by atoms with Crippen LogP contribution in [0.1, 0.15) is 34.3 Å². The third-order valence-corrected chi connectivity index (χ3v) is 3.48. The Hall–Kier alpha value is -2.48.